The van der Waals surface area contributed by atoms with Crippen LogP contribution in [-0.4, -0.2) is 57.7 Å². The summed E-state index contributed by atoms with van der Waals surface area (Å²) in [4.78, 5) is 7.21. The molecule has 1 atom stereocenters. The van der Waals surface area contributed by atoms with Crippen LogP contribution in [-0.2, 0) is 0 Å². The van der Waals surface area contributed by atoms with Crippen LogP contribution in [0.25, 0.3) is 0 Å². The topological polar surface area (TPSA) is 48.9 Å². The van der Waals surface area contributed by atoms with Crippen LogP contribution >= 0.6 is 0 Å². The standard InChI is InChI=1S/C22H38N4O/c1-5-23-22(25-15-11-19-12-16-26(3)17-13-19)24-14-10-18(2)20-6-8-21(27-4)9-7-20/h6-9,18-19H,5,10-17H2,1-4H3,(H2,23,24,25). The highest BCUT2D eigenvalue weighted by molar-refractivity contribution is 5.79. The van der Waals surface area contributed by atoms with E-state index in [1.807, 2.05) is 12.1 Å². The van der Waals surface area contributed by atoms with E-state index >= 15 is 0 Å². The fraction of sp³-hybridized carbons (Fsp3) is 0.682. The molecule has 1 heterocycles. The zero-order valence-electron chi connectivity index (χ0n) is 17.6. The van der Waals surface area contributed by atoms with Crippen LogP contribution in [0.5, 0.6) is 5.75 Å². The van der Waals surface area contributed by atoms with E-state index in [-0.39, 0.29) is 0 Å². The maximum absolute atomic E-state index is 5.24. The van der Waals surface area contributed by atoms with Crippen LogP contribution < -0.4 is 15.4 Å². The molecule has 1 aliphatic rings. The van der Waals surface area contributed by atoms with E-state index in [4.69, 9.17) is 9.73 Å². The van der Waals surface area contributed by atoms with Crippen LogP contribution in [0.1, 0.15) is 51.0 Å². The quantitative estimate of drug-likeness (QED) is 0.513. The fourth-order valence-corrected chi connectivity index (χ4v) is 3.56. The number of hydrogen-bond donors (Lipinski definition) is 2. The first kappa shape index (κ1) is 21.5. The average Bonchev–Trinajstić information content (AvgIpc) is 2.69. The first-order valence-electron chi connectivity index (χ1n) is 10.5. The number of benzene rings is 1. The lowest BCUT2D eigenvalue weighted by Crippen LogP contribution is -2.38. The lowest BCUT2D eigenvalue weighted by Gasteiger charge is -2.28. The van der Waals surface area contributed by atoms with Crippen molar-refractivity contribution >= 4 is 5.96 Å². The molecule has 5 nitrogen and oxygen atoms in total. The Morgan fingerprint density at radius 3 is 2.56 bits per heavy atom. The number of rotatable bonds is 9. The van der Waals surface area contributed by atoms with Gasteiger partial charge in [0.1, 0.15) is 5.75 Å². The number of methoxy groups -OCH3 is 1. The number of hydrogen-bond acceptors (Lipinski definition) is 3. The van der Waals surface area contributed by atoms with Crippen molar-refractivity contribution in [1.29, 1.82) is 0 Å². The summed E-state index contributed by atoms with van der Waals surface area (Å²) in [5.74, 6) is 3.20. The second-order valence-corrected chi connectivity index (χ2v) is 7.69. The second-order valence-electron chi connectivity index (χ2n) is 7.69. The van der Waals surface area contributed by atoms with Crippen molar-refractivity contribution in [3.05, 3.63) is 29.8 Å². The van der Waals surface area contributed by atoms with E-state index in [1.54, 1.807) is 7.11 Å². The Balaban J connectivity index is 1.72. The Morgan fingerprint density at radius 1 is 1.22 bits per heavy atom. The molecule has 1 fully saturated rings. The maximum Gasteiger partial charge on any atom is 0.191 e. The highest BCUT2D eigenvalue weighted by Crippen LogP contribution is 2.21. The number of piperidine rings is 1. The van der Waals surface area contributed by atoms with Gasteiger partial charge in [0.05, 0.1) is 7.11 Å². The molecule has 2 N–H and O–H groups in total. The third-order valence-corrected chi connectivity index (χ3v) is 5.54. The zero-order valence-corrected chi connectivity index (χ0v) is 17.6. The summed E-state index contributed by atoms with van der Waals surface area (Å²) in [5.41, 5.74) is 1.35. The Labute approximate surface area is 165 Å². The van der Waals surface area contributed by atoms with Crippen molar-refractivity contribution in [3.63, 3.8) is 0 Å². The minimum Gasteiger partial charge on any atom is -0.497 e. The van der Waals surface area contributed by atoms with Gasteiger partial charge in [0.15, 0.2) is 5.96 Å². The first-order chi connectivity index (χ1) is 13.1. The predicted octanol–water partition coefficient (Wildman–Crippen LogP) is 3.48. The average molecular weight is 375 g/mol. The van der Waals surface area contributed by atoms with Crippen molar-refractivity contribution < 1.29 is 4.74 Å². The summed E-state index contributed by atoms with van der Waals surface area (Å²) in [6.07, 6.45) is 4.91. The van der Waals surface area contributed by atoms with E-state index in [0.29, 0.717) is 5.92 Å². The molecule has 1 unspecified atom stereocenters. The zero-order chi connectivity index (χ0) is 19.5. The van der Waals surface area contributed by atoms with Gasteiger partial charge in [-0.25, -0.2) is 0 Å². The monoisotopic (exact) mass is 374 g/mol. The summed E-state index contributed by atoms with van der Waals surface area (Å²) in [7, 11) is 3.92. The van der Waals surface area contributed by atoms with Crippen molar-refractivity contribution in [2.75, 3.05) is 46.9 Å². The van der Waals surface area contributed by atoms with Crippen molar-refractivity contribution in [1.82, 2.24) is 15.5 Å². The number of nitrogens with one attached hydrogen (secondary N) is 2. The molecule has 0 amide bonds. The Bertz CT molecular complexity index is 550. The van der Waals surface area contributed by atoms with Gasteiger partial charge in [-0.15, -0.1) is 0 Å². The molecule has 0 aromatic heterocycles. The highest BCUT2D eigenvalue weighted by atomic mass is 16.5. The number of ether oxygens (including phenoxy) is 1. The fourth-order valence-electron chi connectivity index (χ4n) is 3.56. The molecular formula is C22H38N4O. The Morgan fingerprint density at radius 2 is 1.93 bits per heavy atom. The Kier molecular flexibility index (Phi) is 9.46. The van der Waals surface area contributed by atoms with Gasteiger partial charge in [-0.05, 0) is 82.3 Å². The van der Waals surface area contributed by atoms with E-state index in [1.165, 1.54) is 37.9 Å². The van der Waals surface area contributed by atoms with Crippen molar-refractivity contribution in [3.8, 4) is 5.75 Å². The van der Waals surface area contributed by atoms with Crippen LogP contribution in [0.3, 0.4) is 0 Å². The third-order valence-electron chi connectivity index (χ3n) is 5.54. The van der Waals surface area contributed by atoms with E-state index < -0.39 is 0 Å². The van der Waals surface area contributed by atoms with Crippen molar-refractivity contribution in [2.45, 2.75) is 45.4 Å². The van der Waals surface area contributed by atoms with Crippen LogP contribution in [0.15, 0.2) is 29.3 Å². The van der Waals surface area contributed by atoms with Gasteiger partial charge in [-0.1, -0.05) is 19.1 Å². The molecule has 1 aromatic rings. The second kappa shape index (κ2) is 11.9. The molecule has 2 rings (SSSR count). The number of likely N-dealkylation sites (tertiary alicyclic amines) is 1. The molecule has 0 bridgehead atoms. The summed E-state index contributed by atoms with van der Waals surface area (Å²) < 4.78 is 5.24. The molecule has 1 aliphatic heterocycles. The maximum atomic E-state index is 5.24. The smallest absolute Gasteiger partial charge is 0.191 e. The third kappa shape index (κ3) is 7.79. The molecule has 0 spiro atoms. The summed E-state index contributed by atoms with van der Waals surface area (Å²) in [6.45, 7) is 9.59. The minimum atomic E-state index is 0.505. The summed E-state index contributed by atoms with van der Waals surface area (Å²) in [5, 5.41) is 6.86. The number of nitrogens with zero attached hydrogens (tertiary/aromatic N) is 2. The van der Waals surface area contributed by atoms with E-state index in [9.17, 15) is 0 Å². The molecule has 0 aliphatic carbocycles. The summed E-state index contributed by atoms with van der Waals surface area (Å²) >= 11 is 0. The molecule has 1 saturated heterocycles. The Hall–Kier alpha value is -1.75. The van der Waals surface area contributed by atoms with Crippen LogP contribution in [0.2, 0.25) is 0 Å². The van der Waals surface area contributed by atoms with Gasteiger partial charge in [0, 0.05) is 19.6 Å². The molecule has 1 aromatic carbocycles. The minimum absolute atomic E-state index is 0.505. The SMILES string of the molecule is CCNC(=NCCC1CCN(C)CC1)NCCC(C)c1ccc(OC)cc1. The summed E-state index contributed by atoms with van der Waals surface area (Å²) in [6, 6.07) is 8.39. The van der Waals surface area contributed by atoms with Crippen LogP contribution in [0, 0.1) is 5.92 Å². The van der Waals surface area contributed by atoms with Gasteiger partial charge < -0.3 is 20.3 Å². The van der Waals surface area contributed by atoms with E-state index in [0.717, 1.165) is 43.7 Å². The van der Waals surface area contributed by atoms with Crippen molar-refractivity contribution in [2.24, 2.45) is 10.9 Å². The first-order valence-corrected chi connectivity index (χ1v) is 10.5. The predicted molar refractivity (Wildman–Crippen MR) is 115 cm³/mol. The molecule has 5 heteroatoms. The molecule has 27 heavy (non-hydrogen) atoms. The number of guanidine groups is 1. The molecule has 0 saturated carbocycles. The van der Waals surface area contributed by atoms with E-state index in [2.05, 4.69) is 48.6 Å². The largest absolute Gasteiger partial charge is 0.497 e. The van der Waals surface area contributed by atoms with Gasteiger partial charge in [-0.2, -0.15) is 0 Å². The van der Waals surface area contributed by atoms with Crippen LogP contribution in [0.4, 0.5) is 0 Å². The van der Waals surface area contributed by atoms with Gasteiger partial charge in [-0.3, -0.25) is 4.99 Å². The molecule has 0 radical (unpaired) electrons. The van der Waals surface area contributed by atoms with Gasteiger partial charge in [0.2, 0.25) is 0 Å². The highest BCUT2D eigenvalue weighted by Gasteiger charge is 2.16. The molecule has 152 valence electrons. The molecular weight excluding hydrogens is 336 g/mol. The normalized spacial score (nSPS) is 17.6. The van der Waals surface area contributed by atoms with Gasteiger partial charge in [0.25, 0.3) is 0 Å². The van der Waals surface area contributed by atoms with Gasteiger partial charge >= 0.3 is 0 Å². The lowest BCUT2D eigenvalue weighted by atomic mass is 9.94. The number of aliphatic imine (C=N–C) groups is 1. The lowest BCUT2D eigenvalue weighted by molar-refractivity contribution is 0.214.